The highest BCUT2D eigenvalue weighted by Crippen LogP contribution is 2.21. The maximum atomic E-state index is 12.8. The van der Waals surface area contributed by atoms with E-state index < -0.39 is 0 Å². The van der Waals surface area contributed by atoms with E-state index in [0.29, 0.717) is 28.5 Å². The van der Waals surface area contributed by atoms with Gasteiger partial charge in [-0.3, -0.25) is 4.79 Å². The van der Waals surface area contributed by atoms with Crippen molar-refractivity contribution in [2.75, 3.05) is 20.3 Å². The molecule has 0 saturated heterocycles. The smallest absolute Gasteiger partial charge is 0.193 e. The third kappa shape index (κ3) is 7.43. The number of methoxy groups -OCH3 is 1. The number of nitrogens with one attached hydrogen (secondary N) is 1. The molecule has 0 aliphatic rings. The third-order valence-electron chi connectivity index (χ3n) is 6.11. The summed E-state index contributed by atoms with van der Waals surface area (Å²) in [6, 6.07) is 29.8. The molecule has 0 radical (unpaired) electrons. The van der Waals surface area contributed by atoms with E-state index >= 15 is 0 Å². The topological polar surface area (TPSA) is 67.8 Å². The van der Waals surface area contributed by atoms with Crippen molar-refractivity contribution in [3.05, 3.63) is 130 Å². The quantitative estimate of drug-likeness (QED) is 0.226. The van der Waals surface area contributed by atoms with Crippen LogP contribution in [0.3, 0.4) is 0 Å². The molecule has 190 valence electrons. The molecule has 5 nitrogen and oxygen atoms in total. The predicted octanol–water partition coefficient (Wildman–Crippen LogP) is 6.02. The lowest BCUT2D eigenvalue weighted by molar-refractivity contribution is 0.103. The zero-order valence-electron chi connectivity index (χ0n) is 20.7. The lowest BCUT2D eigenvalue weighted by atomic mass is 10.0. The molecule has 0 fully saturated rings. The molecule has 0 spiro atoms. The maximum Gasteiger partial charge on any atom is 0.193 e. The molecule has 0 heterocycles. The van der Waals surface area contributed by atoms with E-state index in [1.165, 1.54) is 5.56 Å². The van der Waals surface area contributed by atoms with Crippen molar-refractivity contribution in [3.63, 3.8) is 0 Å². The number of aliphatic hydroxyl groups excluding tert-OH is 1. The van der Waals surface area contributed by atoms with E-state index in [4.69, 9.17) is 21.1 Å². The molecule has 4 aromatic rings. The SMILES string of the molecule is COc1ccc(CCN[C@@H](CO)c2cccc(COc3cccc(C(=O)c4ccc(Cl)cc4)c3)c2)cc1. The highest BCUT2D eigenvalue weighted by molar-refractivity contribution is 6.30. The van der Waals surface area contributed by atoms with Gasteiger partial charge in [-0.2, -0.15) is 0 Å². The molecule has 0 unspecified atom stereocenters. The predicted molar refractivity (Wildman–Crippen MR) is 147 cm³/mol. The van der Waals surface area contributed by atoms with Gasteiger partial charge in [0.15, 0.2) is 5.78 Å². The van der Waals surface area contributed by atoms with E-state index in [1.807, 2.05) is 60.7 Å². The number of ether oxygens (including phenoxy) is 2. The number of rotatable bonds is 12. The summed E-state index contributed by atoms with van der Waals surface area (Å²) in [7, 11) is 1.66. The number of hydrogen-bond donors (Lipinski definition) is 2. The summed E-state index contributed by atoms with van der Waals surface area (Å²) < 4.78 is 11.2. The summed E-state index contributed by atoms with van der Waals surface area (Å²) in [5.74, 6) is 1.36. The molecule has 0 aliphatic heterocycles. The van der Waals surface area contributed by atoms with E-state index in [2.05, 4.69) is 5.32 Å². The molecule has 1 atom stereocenters. The van der Waals surface area contributed by atoms with Crippen LogP contribution in [0.25, 0.3) is 0 Å². The summed E-state index contributed by atoms with van der Waals surface area (Å²) in [5.41, 5.74) is 4.29. The molecule has 6 heteroatoms. The van der Waals surface area contributed by atoms with Gasteiger partial charge >= 0.3 is 0 Å². The molecule has 0 aromatic heterocycles. The average molecular weight is 516 g/mol. The second-order valence-electron chi connectivity index (χ2n) is 8.68. The minimum atomic E-state index is -0.182. The van der Waals surface area contributed by atoms with Crippen molar-refractivity contribution >= 4 is 17.4 Å². The van der Waals surface area contributed by atoms with Crippen LogP contribution >= 0.6 is 11.6 Å². The lowest BCUT2D eigenvalue weighted by Crippen LogP contribution is -2.26. The minimum absolute atomic E-state index is 0.0121. The maximum absolute atomic E-state index is 12.8. The summed E-state index contributed by atoms with van der Waals surface area (Å²) >= 11 is 5.93. The first-order valence-corrected chi connectivity index (χ1v) is 12.5. The largest absolute Gasteiger partial charge is 0.497 e. The van der Waals surface area contributed by atoms with Crippen LogP contribution < -0.4 is 14.8 Å². The Morgan fingerprint density at radius 3 is 2.35 bits per heavy atom. The Hall–Kier alpha value is -3.64. The van der Waals surface area contributed by atoms with Crippen LogP contribution in [0, 0.1) is 0 Å². The summed E-state index contributed by atoms with van der Waals surface area (Å²) in [5, 5.41) is 14.0. The molecule has 0 saturated carbocycles. The van der Waals surface area contributed by atoms with Gasteiger partial charge in [0, 0.05) is 16.1 Å². The molecular formula is C31H30ClNO4. The molecular weight excluding hydrogens is 486 g/mol. The van der Waals surface area contributed by atoms with Crippen molar-refractivity contribution < 1.29 is 19.4 Å². The van der Waals surface area contributed by atoms with Gasteiger partial charge in [-0.1, -0.05) is 60.1 Å². The van der Waals surface area contributed by atoms with E-state index in [1.54, 1.807) is 43.5 Å². The molecule has 2 N–H and O–H groups in total. The second kappa shape index (κ2) is 13.1. The van der Waals surface area contributed by atoms with Gasteiger partial charge in [-0.15, -0.1) is 0 Å². The Balaban J connectivity index is 1.34. The Bertz CT molecular complexity index is 1310. The number of ketones is 1. The highest BCUT2D eigenvalue weighted by Gasteiger charge is 2.12. The summed E-state index contributed by atoms with van der Waals surface area (Å²) in [6.07, 6.45) is 0.842. The van der Waals surface area contributed by atoms with Crippen LogP contribution in [0.1, 0.15) is 38.7 Å². The van der Waals surface area contributed by atoms with Crippen molar-refractivity contribution in [1.29, 1.82) is 0 Å². The Kier molecular flexibility index (Phi) is 9.33. The Labute approximate surface area is 222 Å². The standard InChI is InChI=1S/C31H30ClNO4/c1-36-28-14-8-22(9-15-28)16-17-33-30(20-34)25-5-2-4-23(18-25)21-37-29-7-3-6-26(19-29)31(35)24-10-12-27(32)13-11-24/h2-15,18-19,30,33-34H,16-17,20-21H2,1H3/t30-/m0/s1. The second-order valence-corrected chi connectivity index (χ2v) is 9.12. The normalized spacial score (nSPS) is 11.6. The number of benzene rings is 4. The molecule has 0 amide bonds. The molecule has 4 aromatic carbocycles. The summed E-state index contributed by atoms with van der Waals surface area (Å²) in [4.78, 5) is 12.8. The van der Waals surface area contributed by atoms with Gasteiger partial charge in [0.2, 0.25) is 0 Å². The third-order valence-corrected chi connectivity index (χ3v) is 6.36. The van der Waals surface area contributed by atoms with Gasteiger partial charge in [-0.25, -0.2) is 0 Å². The van der Waals surface area contributed by atoms with Crippen LogP contribution in [0.15, 0.2) is 97.1 Å². The number of hydrogen-bond acceptors (Lipinski definition) is 5. The highest BCUT2D eigenvalue weighted by atomic mass is 35.5. The number of halogens is 1. The number of aliphatic hydroxyl groups is 1. The summed E-state index contributed by atoms with van der Waals surface area (Å²) in [6.45, 7) is 1.06. The van der Waals surface area contributed by atoms with Crippen molar-refractivity contribution in [2.45, 2.75) is 19.1 Å². The van der Waals surface area contributed by atoms with Crippen molar-refractivity contribution in [1.82, 2.24) is 5.32 Å². The van der Waals surface area contributed by atoms with E-state index in [0.717, 1.165) is 29.8 Å². The average Bonchev–Trinajstić information content (AvgIpc) is 2.95. The lowest BCUT2D eigenvalue weighted by Gasteiger charge is -2.18. The fourth-order valence-corrected chi connectivity index (χ4v) is 4.16. The molecule has 37 heavy (non-hydrogen) atoms. The number of carbonyl (C=O) groups excluding carboxylic acids is 1. The van der Waals surface area contributed by atoms with Crippen LogP contribution in [0.2, 0.25) is 5.02 Å². The van der Waals surface area contributed by atoms with Crippen LogP contribution in [-0.2, 0) is 13.0 Å². The van der Waals surface area contributed by atoms with Crippen molar-refractivity contribution in [3.8, 4) is 11.5 Å². The van der Waals surface area contributed by atoms with Gasteiger partial charge in [0.25, 0.3) is 0 Å². The fraction of sp³-hybridized carbons (Fsp3) is 0.194. The van der Waals surface area contributed by atoms with Crippen LogP contribution in [0.5, 0.6) is 11.5 Å². The Morgan fingerprint density at radius 2 is 1.62 bits per heavy atom. The molecule has 4 rings (SSSR count). The first-order valence-electron chi connectivity index (χ1n) is 12.1. The molecule has 0 aliphatic carbocycles. The van der Waals surface area contributed by atoms with E-state index in [-0.39, 0.29) is 18.4 Å². The minimum Gasteiger partial charge on any atom is -0.497 e. The van der Waals surface area contributed by atoms with Crippen molar-refractivity contribution in [2.24, 2.45) is 0 Å². The van der Waals surface area contributed by atoms with Gasteiger partial charge in [-0.05, 0) is 78.2 Å². The fourth-order valence-electron chi connectivity index (χ4n) is 4.03. The first-order chi connectivity index (χ1) is 18.1. The Morgan fingerprint density at radius 1 is 0.865 bits per heavy atom. The monoisotopic (exact) mass is 515 g/mol. The first kappa shape index (κ1) is 26.4. The van der Waals surface area contributed by atoms with E-state index in [9.17, 15) is 9.90 Å². The zero-order chi connectivity index (χ0) is 26.0. The van der Waals surface area contributed by atoms with Crippen LogP contribution in [-0.4, -0.2) is 31.2 Å². The zero-order valence-corrected chi connectivity index (χ0v) is 21.4. The number of carbonyl (C=O) groups is 1. The van der Waals surface area contributed by atoms with Crippen LogP contribution in [0.4, 0.5) is 0 Å². The van der Waals surface area contributed by atoms with Gasteiger partial charge < -0.3 is 19.9 Å². The molecule has 0 bridgehead atoms. The van der Waals surface area contributed by atoms with Gasteiger partial charge in [0.05, 0.1) is 19.8 Å². The van der Waals surface area contributed by atoms with Gasteiger partial charge in [0.1, 0.15) is 18.1 Å².